The van der Waals surface area contributed by atoms with Gasteiger partial charge in [0.25, 0.3) is 0 Å². The molecule has 0 amide bonds. The molecule has 1 atom stereocenters. The van der Waals surface area contributed by atoms with E-state index in [0.29, 0.717) is 12.1 Å². The summed E-state index contributed by atoms with van der Waals surface area (Å²) in [7, 11) is 0. The highest BCUT2D eigenvalue weighted by atomic mass is 32.1. The largest absolute Gasteiger partial charge is 0.309 e. The number of hydrogen-bond acceptors (Lipinski definition) is 3. The molecule has 1 N–H and O–H groups in total. The fourth-order valence-corrected chi connectivity index (χ4v) is 3.84. The van der Waals surface area contributed by atoms with Gasteiger partial charge in [-0.3, -0.25) is 0 Å². The second-order valence-corrected chi connectivity index (χ2v) is 6.86. The first-order chi connectivity index (χ1) is 9.20. The van der Waals surface area contributed by atoms with Crippen LogP contribution in [0.3, 0.4) is 0 Å². The van der Waals surface area contributed by atoms with Crippen LogP contribution in [-0.4, -0.2) is 30.1 Å². The van der Waals surface area contributed by atoms with Gasteiger partial charge in [0.05, 0.1) is 0 Å². The quantitative estimate of drug-likeness (QED) is 0.885. The topological polar surface area (TPSA) is 15.3 Å². The third kappa shape index (κ3) is 4.30. The summed E-state index contributed by atoms with van der Waals surface area (Å²) in [6, 6.07) is 3.67. The fourth-order valence-electron chi connectivity index (χ4n) is 2.91. The maximum atomic E-state index is 3.78. The Bertz CT molecular complexity index is 373. The zero-order chi connectivity index (χ0) is 13.7. The molecule has 1 fully saturated rings. The molecule has 1 aromatic rings. The molecule has 108 valence electrons. The van der Waals surface area contributed by atoms with Crippen LogP contribution < -0.4 is 5.32 Å². The van der Waals surface area contributed by atoms with E-state index in [-0.39, 0.29) is 0 Å². The van der Waals surface area contributed by atoms with Crippen molar-refractivity contribution in [3.63, 3.8) is 0 Å². The van der Waals surface area contributed by atoms with Gasteiger partial charge in [-0.25, -0.2) is 0 Å². The van der Waals surface area contributed by atoms with Gasteiger partial charge in [0, 0.05) is 23.5 Å². The zero-order valence-corrected chi connectivity index (χ0v) is 13.4. The number of hydrogen-bond donors (Lipinski definition) is 1. The third-order valence-corrected chi connectivity index (χ3v) is 5.23. The van der Waals surface area contributed by atoms with Crippen LogP contribution in [0.4, 0.5) is 0 Å². The second-order valence-electron chi connectivity index (χ2n) is 5.86. The lowest BCUT2D eigenvalue weighted by Crippen LogP contribution is -2.33. The lowest BCUT2D eigenvalue weighted by molar-refractivity contribution is 0.229. The van der Waals surface area contributed by atoms with E-state index in [1.54, 1.807) is 0 Å². The Labute approximate surface area is 122 Å². The monoisotopic (exact) mass is 280 g/mol. The SMILES string of the molecule is CCc1ccsc1CNC1CCCN(C(C)C)CC1. The molecule has 1 aliphatic rings. The van der Waals surface area contributed by atoms with Crippen LogP contribution in [0.15, 0.2) is 11.4 Å². The van der Waals surface area contributed by atoms with E-state index >= 15 is 0 Å². The van der Waals surface area contributed by atoms with Gasteiger partial charge >= 0.3 is 0 Å². The highest BCUT2D eigenvalue weighted by molar-refractivity contribution is 7.10. The van der Waals surface area contributed by atoms with Crippen LogP contribution in [0.2, 0.25) is 0 Å². The molecule has 2 heterocycles. The van der Waals surface area contributed by atoms with Crippen LogP contribution in [0.5, 0.6) is 0 Å². The molecule has 19 heavy (non-hydrogen) atoms. The molecule has 3 heteroatoms. The summed E-state index contributed by atoms with van der Waals surface area (Å²) < 4.78 is 0. The molecule has 0 saturated carbocycles. The zero-order valence-electron chi connectivity index (χ0n) is 12.6. The Morgan fingerprint density at radius 1 is 1.37 bits per heavy atom. The van der Waals surface area contributed by atoms with Crippen LogP contribution in [0.1, 0.15) is 50.5 Å². The van der Waals surface area contributed by atoms with Gasteiger partial charge in [-0.2, -0.15) is 0 Å². The fraction of sp³-hybridized carbons (Fsp3) is 0.750. The van der Waals surface area contributed by atoms with E-state index < -0.39 is 0 Å². The van der Waals surface area contributed by atoms with Crippen LogP contribution in [0.25, 0.3) is 0 Å². The summed E-state index contributed by atoms with van der Waals surface area (Å²) in [5, 5.41) is 6.01. The lowest BCUT2D eigenvalue weighted by Gasteiger charge is -2.24. The Kier molecular flexibility index (Phi) is 5.86. The normalized spacial score (nSPS) is 21.8. The molecule has 2 rings (SSSR count). The highest BCUT2D eigenvalue weighted by Crippen LogP contribution is 2.19. The first kappa shape index (κ1) is 15.0. The van der Waals surface area contributed by atoms with Crippen LogP contribution in [0, 0.1) is 0 Å². The first-order valence-electron chi connectivity index (χ1n) is 7.73. The van der Waals surface area contributed by atoms with Crippen molar-refractivity contribution >= 4 is 11.3 Å². The molecule has 2 nitrogen and oxygen atoms in total. The Balaban J connectivity index is 1.80. The van der Waals surface area contributed by atoms with E-state index in [9.17, 15) is 0 Å². The van der Waals surface area contributed by atoms with Crippen molar-refractivity contribution in [2.45, 2.75) is 65.1 Å². The Morgan fingerprint density at radius 3 is 2.95 bits per heavy atom. The average molecular weight is 280 g/mol. The van der Waals surface area contributed by atoms with Crippen molar-refractivity contribution in [2.24, 2.45) is 0 Å². The van der Waals surface area contributed by atoms with Gasteiger partial charge in [-0.15, -0.1) is 11.3 Å². The van der Waals surface area contributed by atoms with Gasteiger partial charge in [0.15, 0.2) is 0 Å². The minimum Gasteiger partial charge on any atom is -0.309 e. The van der Waals surface area contributed by atoms with Gasteiger partial charge < -0.3 is 10.2 Å². The maximum Gasteiger partial charge on any atom is 0.0305 e. The molecule has 1 aliphatic heterocycles. The van der Waals surface area contributed by atoms with Crippen molar-refractivity contribution in [1.29, 1.82) is 0 Å². The van der Waals surface area contributed by atoms with E-state index in [2.05, 4.69) is 42.4 Å². The number of thiophene rings is 1. The number of nitrogens with one attached hydrogen (secondary N) is 1. The highest BCUT2D eigenvalue weighted by Gasteiger charge is 2.18. The second kappa shape index (κ2) is 7.41. The summed E-state index contributed by atoms with van der Waals surface area (Å²) in [6.07, 6.45) is 5.12. The summed E-state index contributed by atoms with van der Waals surface area (Å²) in [6.45, 7) is 10.5. The van der Waals surface area contributed by atoms with Gasteiger partial charge in [0.2, 0.25) is 0 Å². The predicted octanol–water partition coefficient (Wildman–Crippen LogP) is 3.66. The minimum absolute atomic E-state index is 0.697. The van der Waals surface area contributed by atoms with E-state index in [0.717, 1.165) is 13.0 Å². The molecule has 0 aromatic carbocycles. The standard InChI is InChI=1S/C16H28N2S/c1-4-14-8-11-19-16(14)12-17-15-6-5-9-18(10-7-15)13(2)3/h8,11,13,15,17H,4-7,9-10,12H2,1-3H3. The van der Waals surface area contributed by atoms with Crippen LogP contribution >= 0.6 is 11.3 Å². The summed E-state index contributed by atoms with van der Waals surface area (Å²) in [4.78, 5) is 4.15. The van der Waals surface area contributed by atoms with Crippen molar-refractivity contribution < 1.29 is 0 Å². The lowest BCUT2D eigenvalue weighted by atomic mass is 10.1. The summed E-state index contributed by atoms with van der Waals surface area (Å²) in [5.41, 5.74) is 1.52. The van der Waals surface area contributed by atoms with Crippen molar-refractivity contribution in [3.05, 3.63) is 21.9 Å². The smallest absolute Gasteiger partial charge is 0.0305 e. The molecule has 0 bridgehead atoms. The summed E-state index contributed by atoms with van der Waals surface area (Å²) in [5.74, 6) is 0. The molecule has 1 aromatic heterocycles. The molecular formula is C16H28N2S. The van der Waals surface area contributed by atoms with E-state index in [1.165, 1.54) is 42.8 Å². The van der Waals surface area contributed by atoms with Crippen molar-refractivity contribution in [3.8, 4) is 0 Å². The molecule has 0 radical (unpaired) electrons. The first-order valence-corrected chi connectivity index (χ1v) is 8.61. The number of aryl methyl sites for hydroxylation is 1. The number of nitrogens with zero attached hydrogens (tertiary/aromatic N) is 1. The van der Waals surface area contributed by atoms with E-state index in [4.69, 9.17) is 0 Å². The van der Waals surface area contributed by atoms with Crippen molar-refractivity contribution in [1.82, 2.24) is 10.2 Å². The van der Waals surface area contributed by atoms with Crippen molar-refractivity contribution in [2.75, 3.05) is 13.1 Å². The summed E-state index contributed by atoms with van der Waals surface area (Å²) >= 11 is 1.90. The van der Waals surface area contributed by atoms with Gasteiger partial charge in [-0.1, -0.05) is 6.92 Å². The minimum atomic E-state index is 0.697. The predicted molar refractivity (Wildman–Crippen MR) is 84.9 cm³/mol. The van der Waals surface area contributed by atoms with Gasteiger partial charge in [0.1, 0.15) is 0 Å². The maximum absolute atomic E-state index is 3.78. The Morgan fingerprint density at radius 2 is 2.21 bits per heavy atom. The molecule has 1 unspecified atom stereocenters. The molecule has 1 saturated heterocycles. The number of rotatable bonds is 5. The van der Waals surface area contributed by atoms with Crippen LogP contribution in [-0.2, 0) is 13.0 Å². The average Bonchev–Trinajstić information content (AvgIpc) is 2.72. The van der Waals surface area contributed by atoms with Gasteiger partial charge in [-0.05, 0) is 69.6 Å². The Hall–Kier alpha value is -0.380. The molecular weight excluding hydrogens is 252 g/mol. The third-order valence-electron chi connectivity index (χ3n) is 4.26. The number of likely N-dealkylation sites (tertiary alicyclic amines) is 1. The molecule has 0 aliphatic carbocycles. The molecule has 0 spiro atoms. The van der Waals surface area contributed by atoms with E-state index in [1.807, 2.05) is 11.3 Å².